The number of guanidine groups is 1. The summed E-state index contributed by atoms with van der Waals surface area (Å²) in [7, 11) is 1.87. The monoisotopic (exact) mass is 529 g/mol. The molecule has 0 aliphatic carbocycles. The number of halogens is 1. The number of likely N-dealkylation sites (tertiary alicyclic amines) is 1. The largest absolute Gasteiger partial charge is 0.379 e. The van der Waals surface area contributed by atoms with Crippen molar-refractivity contribution in [2.24, 2.45) is 4.99 Å². The number of nitrogens with one attached hydrogen (secondary N) is 2. The van der Waals surface area contributed by atoms with Gasteiger partial charge in [-0.05, 0) is 39.2 Å². The van der Waals surface area contributed by atoms with E-state index in [1.165, 1.54) is 24.0 Å². The Morgan fingerprint density at radius 3 is 2.43 bits per heavy atom. The van der Waals surface area contributed by atoms with Gasteiger partial charge in [0, 0.05) is 51.9 Å². The lowest BCUT2D eigenvalue weighted by atomic mass is 10.0. The van der Waals surface area contributed by atoms with Gasteiger partial charge >= 0.3 is 0 Å². The van der Waals surface area contributed by atoms with Crippen molar-refractivity contribution in [3.8, 4) is 0 Å². The van der Waals surface area contributed by atoms with Crippen molar-refractivity contribution in [1.29, 1.82) is 0 Å². The molecule has 1 atom stereocenters. The Bertz CT molecular complexity index is 655. The van der Waals surface area contributed by atoms with Crippen LogP contribution < -0.4 is 10.6 Å². The molecule has 6 nitrogen and oxygen atoms in total. The number of benzene rings is 1. The van der Waals surface area contributed by atoms with E-state index in [4.69, 9.17) is 4.74 Å². The lowest BCUT2D eigenvalue weighted by Crippen LogP contribution is -2.51. The summed E-state index contributed by atoms with van der Waals surface area (Å²) in [5, 5.41) is 7.26. The molecule has 1 unspecified atom stereocenters. The summed E-state index contributed by atoms with van der Waals surface area (Å²) in [6.45, 7) is 13.5. The Hall–Kier alpha value is -0.900. The molecular weight excluding hydrogens is 489 g/mol. The van der Waals surface area contributed by atoms with Crippen LogP contribution >= 0.6 is 24.0 Å². The van der Waals surface area contributed by atoms with Crippen LogP contribution in [-0.4, -0.2) is 80.8 Å². The summed E-state index contributed by atoms with van der Waals surface area (Å²) in [4.78, 5) is 9.59. The van der Waals surface area contributed by atoms with E-state index in [1.807, 2.05) is 7.05 Å². The average Bonchev–Trinajstić information content (AvgIpc) is 2.74. The Balaban J connectivity index is 0.00000320. The van der Waals surface area contributed by atoms with Gasteiger partial charge < -0.3 is 20.3 Å². The SMILES string of the molecule is CN=C(NCC(c1cccc(C)c1)N1CCOCC1)NC1CCN(C(C)C)CC1.I. The Morgan fingerprint density at radius 1 is 1.13 bits per heavy atom. The molecule has 2 aliphatic heterocycles. The molecule has 2 aliphatic rings. The minimum Gasteiger partial charge on any atom is -0.379 e. The number of aliphatic imine (C=N–C) groups is 1. The zero-order chi connectivity index (χ0) is 20.6. The van der Waals surface area contributed by atoms with Crippen LogP contribution in [0.15, 0.2) is 29.3 Å². The normalized spacial score (nSPS) is 20.6. The molecule has 3 rings (SSSR count). The summed E-state index contributed by atoms with van der Waals surface area (Å²) in [6, 6.07) is 10.3. The third-order valence-electron chi connectivity index (χ3n) is 6.20. The van der Waals surface area contributed by atoms with Crippen molar-refractivity contribution in [3.63, 3.8) is 0 Å². The maximum absolute atomic E-state index is 5.58. The van der Waals surface area contributed by atoms with Crippen LogP contribution in [0.25, 0.3) is 0 Å². The van der Waals surface area contributed by atoms with Crippen LogP contribution in [0.4, 0.5) is 0 Å². The molecule has 170 valence electrons. The fraction of sp³-hybridized carbons (Fsp3) is 0.696. The highest BCUT2D eigenvalue weighted by molar-refractivity contribution is 14.0. The third kappa shape index (κ3) is 7.35. The van der Waals surface area contributed by atoms with Crippen LogP contribution in [0.1, 0.15) is 43.9 Å². The number of rotatable bonds is 6. The van der Waals surface area contributed by atoms with Crippen LogP contribution in [0.2, 0.25) is 0 Å². The lowest BCUT2D eigenvalue weighted by molar-refractivity contribution is 0.0169. The van der Waals surface area contributed by atoms with Crippen molar-refractivity contribution < 1.29 is 4.74 Å². The molecule has 2 saturated heterocycles. The van der Waals surface area contributed by atoms with E-state index < -0.39 is 0 Å². The molecule has 0 amide bonds. The van der Waals surface area contributed by atoms with Gasteiger partial charge in [-0.1, -0.05) is 29.8 Å². The summed E-state index contributed by atoms with van der Waals surface area (Å²) in [5.74, 6) is 0.916. The van der Waals surface area contributed by atoms with Crippen molar-refractivity contribution in [2.75, 3.05) is 53.0 Å². The van der Waals surface area contributed by atoms with Crippen molar-refractivity contribution in [3.05, 3.63) is 35.4 Å². The second kappa shape index (κ2) is 12.8. The van der Waals surface area contributed by atoms with Gasteiger partial charge in [-0.3, -0.25) is 9.89 Å². The van der Waals surface area contributed by atoms with Gasteiger partial charge in [-0.15, -0.1) is 24.0 Å². The van der Waals surface area contributed by atoms with Crippen LogP contribution in [0.3, 0.4) is 0 Å². The van der Waals surface area contributed by atoms with E-state index in [0.29, 0.717) is 18.1 Å². The second-order valence-electron chi connectivity index (χ2n) is 8.58. The van der Waals surface area contributed by atoms with E-state index in [0.717, 1.165) is 51.9 Å². The van der Waals surface area contributed by atoms with Crippen LogP contribution in [0, 0.1) is 6.92 Å². The highest BCUT2D eigenvalue weighted by atomic mass is 127. The third-order valence-corrected chi connectivity index (χ3v) is 6.20. The predicted molar refractivity (Wildman–Crippen MR) is 136 cm³/mol. The van der Waals surface area contributed by atoms with Crippen LogP contribution in [0.5, 0.6) is 0 Å². The number of aryl methyl sites for hydroxylation is 1. The van der Waals surface area contributed by atoms with Gasteiger partial charge in [-0.2, -0.15) is 0 Å². The van der Waals surface area contributed by atoms with E-state index in [2.05, 4.69) is 70.5 Å². The molecule has 0 spiro atoms. The summed E-state index contributed by atoms with van der Waals surface area (Å²) < 4.78 is 5.58. The number of hydrogen-bond donors (Lipinski definition) is 2. The maximum atomic E-state index is 5.58. The van der Waals surface area contributed by atoms with Gasteiger partial charge in [-0.25, -0.2) is 0 Å². The minimum absolute atomic E-state index is 0. The number of hydrogen-bond acceptors (Lipinski definition) is 4. The van der Waals surface area contributed by atoms with Gasteiger partial charge in [0.1, 0.15) is 0 Å². The molecule has 7 heteroatoms. The molecule has 0 saturated carbocycles. The molecule has 0 aromatic heterocycles. The smallest absolute Gasteiger partial charge is 0.191 e. The summed E-state index contributed by atoms with van der Waals surface area (Å²) in [6.07, 6.45) is 2.34. The molecule has 2 heterocycles. The lowest BCUT2D eigenvalue weighted by Gasteiger charge is -2.37. The van der Waals surface area contributed by atoms with E-state index in [9.17, 15) is 0 Å². The zero-order valence-electron chi connectivity index (χ0n) is 19.1. The van der Waals surface area contributed by atoms with Gasteiger partial charge in [0.25, 0.3) is 0 Å². The number of morpholine rings is 1. The van der Waals surface area contributed by atoms with Gasteiger partial charge in [0.2, 0.25) is 0 Å². The predicted octanol–water partition coefficient (Wildman–Crippen LogP) is 3.02. The molecule has 2 N–H and O–H groups in total. The standard InChI is InChI=1S/C23H39N5O.HI/c1-18(2)27-10-8-21(9-11-27)26-23(24-4)25-17-22(28-12-14-29-15-13-28)20-7-5-6-19(3)16-20;/h5-7,16,18,21-22H,8-15,17H2,1-4H3,(H2,24,25,26);1H. The van der Waals surface area contributed by atoms with Crippen LogP contribution in [-0.2, 0) is 4.74 Å². The van der Waals surface area contributed by atoms with E-state index in [-0.39, 0.29) is 24.0 Å². The van der Waals surface area contributed by atoms with E-state index >= 15 is 0 Å². The molecular formula is C23H40IN5O. The fourth-order valence-electron chi connectivity index (χ4n) is 4.37. The average molecular weight is 530 g/mol. The number of nitrogens with zero attached hydrogens (tertiary/aromatic N) is 3. The topological polar surface area (TPSA) is 52.1 Å². The minimum atomic E-state index is 0. The number of piperidine rings is 1. The first-order valence-electron chi connectivity index (χ1n) is 11.2. The highest BCUT2D eigenvalue weighted by Gasteiger charge is 2.24. The maximum Gasteiger partial charge on any atom is 0.191 e. The number of ether oxygens (including phenoxy) is 1. The Kier molecular flexibility index (Phi) is 10.8. The Labute approximate surface area is 199 Å². The first-order valence-corrected chi connectivity index (χ1v) is 11.2. The zero-order valence-corrected chi connectivity index (χ0v) is 21.4. The second-order valence-corrected chi connectivity index (χ2v) is 8.58. The molecule has 30 heavy (non-hydrogen) atoms. The van der Waals surface area contributed by atoms with Gasteiger partial charge in [0.15, 0.2) is 5.96 Å². The van der Waals surface area contributed by atoms with Gasteiger partial charge in [0.05, 0.1) is 19.3 Å². The Morgan fingerprint density at radius 2 is 1.83 bits per heavy atom. The van der Waals surface area contributed by atoms with Crippen molar-refractivity contribution in [1.82, 2.24) is 20.4 Å². The highest BCUT2D eigenvalue weighted by Crippen LogP contribution is 2.22. The molecule has 2 fully saturated rings. The van der Waals surface area contributed by atoms with Crippen molar-refractivity contribution >= 4 is 29.9 Å². The first kappa shape index (κ1) is 25.4. The molecule has 0 bridgehead atoms. The summed E-state index contributed by atoms with van der Waals surface area (Å²) >= 11 is 0. The molecule has 1 aromatic rings. The summed E-state index contributed by atoms with van der Waals surface area (Å²) in [5.41, 5.74) is 2.67. The molecule has 1 aromatic carbocycles. The fourth-order valence-corrected chi connectivity index (χ4v) is 4.37. The molecule has 0 radical (unpaired) electrons. The first-order chi connectivity index (χ1) is 14.1. The van der Waals surface area contributed by atoms with Crippen molar-refractivity contribution in [2.45, 2.75) is 51.7 Å². The quantitative estimate of drug-likeness (QED) is 0.337. The van der Waals surface area contributed by atoms with E-state index in [1.54, 1.807) is 0 Å².